The Labute approximate surface area is 218 Å². The van der Waals surface area contributed by atoms with Gasteiger partial charge >= 0.3 is 0 Å². The standard InChI is InChI=1S/C27H23Cl2N7/c28-18-8-10-20(11-9-18)36-25(21-5-1-2-6-22(21)29)34-24-26(31-17-32-27(24)36)35-15-12-19(13-16-35)33-23-7-3-4-14-30-23/h1-11,14,17,19H,12-13,15-16H2,(H,30,33). The fourth-order valence-electron chi connectivity index (χ4n) is 4.66. The van der Waals surface area contributed by atoms with Crippen LogP contribution < -0.4 is 10.2 Å². The van der Waals surface area contributed by atoms with Crippen LogP contribution in [0.15, 0.2) is 79.3 Å². The normalized spacial score (nSPS) is 14.3. The fraction of sp³-hybridized carbons (Fsp3) is 0.185. The van der Waals surface area contributed by atoms with Crippen LogP contribution in [0.5, 0.6) is 0 Å². The average Bonchev–Trinajstić information content (AvgIpc) is 3.30. The predicted molar refractivity (Wildman–Crippen MR) is 145 cm³/mol. The molecule has 1 N–H and O–H groups in total. The molecule has 0 spiro atoms. The minimum Gasteiger partial charge on any atom is -0.367 e. The second-order valence-electron chi connectivity index (χ2n) is 8.72. The van der Waals surface area contributed by atoms with E-state index in [1.807, 2.05) is 77.5 Å². The summed E-state index contributed by atoms with van der Waals surface area (Å²) in [5, 5.41) is 4.83. The third kappa shape index (κ3) is 4.36. The zero-order chi connectivity index (χ0) is 24.5. The summed E-state index contributed by atoms with van der Waals surface area (Å²) in [7, 11) is 0. The maximum Gasteiger partial charge on any atom is 0.170 e. The lowest BCUT2D eigenvalue weighted by molar-refractivity contribution is 0.523. The van der Waals surface area contributed by atoms with Gasteiger partial charge < -0.3 is 10.2 Å². The summed E-state index contributed by atoms with van der Waals surface area (Å²) >= 11 is 12.8. The molecule has 1 fully saturated rings. The number of aromatic nitrogens is 5. The summed E-state index contributed by atoms with van der Waals surface area (Å²) in [6, 6.07) is 21.6. The Morgan fingerprint density at radius 1 is 0.833 bits per heavy atom. The highest BCUT2D eigenvalue weighted by molar-refractivity contribution is 6.33. The number of nitrogens with one attached hydrogen (secondary N) is 1. The van der Waals surface area contributed by atoms with E-state index in [9.17, 15) is 0 Å². The van der Waals surface area contributed by atoms with Gasteiger partial charge in [0.2, 0.25) is 0 Å². The van der Waals surface area contributed by atoms with Crippen LogP contribution in [-0.2, 0) is 0 Å². The highest BCUT2D eigenvalue weighted by atomic mass is 35.5. The molecule has 0 bridgehead atoms. The number of halogens is 2. The molecule has 4 heterocycles. The van der Waals surface area contributed by atoms with Crippen molar-refractivity contribution in [2.75, 3.05) is 23.3 Å². The first-order valence-corrected chi connectivity index (χ1v) is 12.6. The number of anilines is 2. The molecule has 1 aliphatic heterocycles. The second kappa shape index (κ2) is 9.76. The van der Waals surface area contributed by atoms with Crippen molar-refractivity contribution in [2.45, 2.75) is 18.9 Å². The van der Waals surface area contributed by atoms with Crippen LogP contribution in [-0.4, -0.2) is 43.6 Å². The molecule has 9 heteroatoms. The lowest BCUT2D eigenvalue weighted by Crippen LogP contribution is -2.39. The monoisotopic (exact) mass is 515 g/mol. The molecular weight excluding hydrogens is 493 g/mol. The van der Waals surface area contributed by atoms with Crippen LogP contribution in [0.2, 0.25) is 10.0 Å². The van der Waals surface area contributed by atoms with Gasteiger partial charge in [0.25, 0.3) is 0 Å². The van der Waals surface area contributed by atoms with E-state index in [0.717, 1.165) is 60.0 Å². The van der Waals surface area contributed by atoms with E-state index in [4.69, 9.17) is 28.2 Å². The summed E-state index contributed by atoms with van der Waals surface area (Å²) in [4.78, 5) is 21.1. The van der Waals surface area contributed by atoms with E-state index >= 15 is 0 Å². The molecule has 1 aliphatic rings. The van der Waals surface area contributed by atoms with Crippen LogP contribution in [0.1, 0.15) is 12.8 Å². The van der Waals surface area contributed by atoms with Gasteiger partial charge in [0.05, 0.1) is 5.02 Å². The molecule has 2 aromatic carbocycles. The Balaban J connectivity index is 1.38. The van der Waals surface area contributed by atoms with E-state index in [1.54, 1.807) is 6.33 Å². The predicted octanol–water partition coefficient (Wildman–Crippen LogP) is 6.27. The molecule has 7 nitrogen and oxygen atoms in total. The van der Waals surface area contributed by atoms with Gasteiger partial charge in [0.15, 0.2) is 17.0 Å². The number of fused-ring (bicyclic) bond motifs is 1. The highest BCUT2D eigenvalue weighted by Crippen LogP contribution is 2.35. The van der Waals surface area contributed by atoms with E-state index in [-0.39, 0.29) is 0 Å². The Hall–Kier alpha value is -3.68. The van der Waals surface area contributed by atoms with Crippen molar-refractivity contribution in [1.82, 2.24) is 24.5 Å². The molecule has 0 radical (unpaired) electrons. The van der Waals surface area contributed by atoms with Crippen molar-refractivity contribution < 1.29 is 0 Å². The summed E-state index contributed by atoms with van der Waals surface area (Å²) in [5.74, 6) is 2.45. The van der Waals surface area contributed by atoms with E-state index in [2.05, 4.69) is 25.2 Å². The Morgan fingerprint density at radius 2 is 1.61 bits per heavy atom. The molecule has 180 valence electrons. The topological polar surface area (TPSA) is 71.8 Å². The minimum absolute atomic E-state index is 0.360. The first kappa shape index (κ1) is 22.8. The highest BCUT2D eigenvalue weighted by Gasteiger charge is 2.26. The number of benzene rings is 2. The van der Waals surface area contributed by atoms with Gasteiger partial charge in [-0.3, -0.25) is 4.57 Å². The molecule has 0 aliphatic carbocycles. The Kier molecular flexibility index (Phi) is 6.17. The number of rotatable bonds is 5. The smallest absolute Gasteiger partial charge is 0.170 e. The van der Waals surface area contributed by atoms with Crippen molar-refractivity contribution in [3.05, 3.63) is 89.3 Å². The van der Waals surface area contributed by atoms with Crippen molar-refractivity contribution >= 4 is 46.0 Å². The van der Waals surface area contributed by atoms with E-state index in [0.29, 0.717) is 21.9 Å². The van der Waals surface area contributed by atoms with Crippen LogP contribution in [0.4, 0.5) is 11.6 Å². The van der Waals surface area contributed by atoms with Crippen LogP contribution in [0.3, 0.4) is 0 Å². The molecule has 0 unspecified atom stereocenters. The third-order valence-corrected chi connectivity index (χ3v) is 7.02. The lowest BCUT2D eigenvalue weighted by Gasteiger charge is -2.33. The zero-order valence-corrected chi connectivity index (χ0v) is 20.9. The average molecular weight is 516 g/mol. The number of nitrogens with zero attached hydrogens (tertiary/aromatic N) is 6. The van der Waals surface area contributed by atoms with Crippen molar-refractivity contribution in [3.8, 4) is 17.1 Å². The van der Waals surface area contributed by atoms with Crippen molar-refractivity contribution in [1.29, 1.82) is 0 Å². The molecule has 0 amide bonds. The first-order valence-electron chi connectivity index (χ1n) is 11.8. The molecule has 3 aromatic heterocycles. The van der Waals surface area contributed by atoms with Gasteiger partial charge in [-0.25, -0.2) is 19.9 Å². The molecule has 0 atom stereocenters. The van der Waals surface area contributed by atoms with Crippen molar-refractivity contribution in [3.63, 3.8) is 0 Å². The van der Waals surface area contributed by atoms with Gasteiger partial charge in [-0.05, 0) is 61.4 Å². The van der Waals surface area contributed by atoms with Crippen LogP contribution >= 0.6 is 23.2 Å². The van der Waals surface area contributed by atoms with Gasteiger partial charge in [0, 0.05) is 41.6 Å². The van der Waals surface area contributed by atoms with Gasteiger partial charge in [-0.2, -0.15) is 0 Å². The number of hydrogen-bond acceptors (Lipinski definition) is 6. The SMILES string of the molecule is Clc1ccc(-n2c(-c3ccccc3Cl)nc3c(N4CCC(Nc5ccccn5)CC4)ncnc32)cc1. The summed E-state index contributed by atoms with van der Waals surface area (Å²) < 4.78 is 2.02. The molecule has 6 rings (SSSR count). The number of hydrogen-bond donors (Lipinski definition) is 1. The maximum atomic E-state index is 6.61. The Morgan fingerprint density at radius 3 is 2.36 bits per heavy atom. The summed E-state index contributed by atoms with van der Waals surface area (Å²) in [5.41, 5.74) is 3.21. The second-order valence-corrected chi connectivity index (χ2v) is 9.56. The van der Waals surface area contributed by atoms with Crippen LogP contribution in [0, 0.1) is 0 Å². The van der Waals surface area contributed by atoms with Crippen LogP contribution in [0.25, 0.3) is 28.2 Å². The third-order valence-electron chi connectivity index (χ3n) is 6.44. The Bertz CT molecular complexity index is 1490. The van der Waals surface area contributed by atoms with Gasteiger partial charge in [-0.1, -0.05) is 41.4 Å². The van der Waals surface area contributed by atoms with E-state index < -0.39 is 0 Å². The number of piperidine rings is 1. The quantitative estimate of drug-likeness (QED) is 0.297. The van der Waals surface area contributed by atoms with Gasteiger partial charge in [-0.15, -0.1) is 0 Å². The fourth-order valence-corrected chi connectivity index (χ4v) is 5.01. The number of imidazole rings is 1. The summed E-state index contributed by atoms with van der Waals surface area (Å²) in [6.45, 7) is 1.71. The first-order chi connectivity index (χ1) is 17.7. The maximum absolute atomic E-state index is 6.61. The molecule has 0 saturated carbocycles. The van der Waals surface area contributed by atoms with Crippen molar-refractivity contribution in [2.24, 2.45) is 0 Å². The lowest BCUT2D eigenvalue weighted by atomic mass is 10.0. The molecular formula is C27H23Cl2N7. The largest absolute Gasteiger partial charge is 0.367 e. The van der Waals surface area contributed by atoms with Gasteiger partial charge in [0.1, 0.15) is 18.0 Å². The molecule has 36 heavy (non-hydrogen) atoms. The molecule has 5 aromatic rings. The van der Waals surface area contributed by atoms with E-state index in [1.165, 1.54) is 0 Å². The summed E-state index contributed by atoms with van der Waals surface area (Å²) in [6.07, 6.45) is 5.36. The minimum atomic E-state index is 0.360. The molecule has 1 saturated heterocycles. The zero-order valence-electron chi connectivity index (χ0n) is 19.4. The number of pyridine rings is 1.